The number of ether oxygens (including phenoxy) is 1. The van der Waals surface area contributed by atoms with Crippen molar-refractivity contribution in [1.82, 2.24) is 25.5 Å². The molecule has 1 heterocycles. The molecule has 6 nitrogen and oxygen atoms in total. The van der Waals surface area contributed by atoms with Crippen molar-refractivity contribution in [2.75, 3.05) is 20.3 Å². The first kappa shape index (κ1) is 13.4. The maximum absolute atomic E-state index is 5.00. The molecule has 1 aliphatic rings. The molecule has 1 aromatic heterocycles. The third kappa shape index (κ3) is 2.03. The van der Waals surface area contributed by atoms with Gasteiger partial charge < -0.3 is 10.1 Å². The summed E-state index contributed by atoms with van der Waals surface area (Å²) in [6, 6.07) is 0.374. The molecule has 1 saturated carbocycles. The molecule has 1 N–H and O–H groups in total. The number of hydrogen-bond acceptors (Lipinski definition) is 5. The van der Waals surface area contributed by atoms with Gasteiger partial charge in [-0.25, -0.2) is 4.68 Å². The van der Waals surface area contributed by atoms with E-state index in [2.05, 4.69) is 48.5 Å². The second kappa shape index (κ2) is 4.59. The molecule has 0 unspecified atom stereocenters. The third-order valence-electron chi connectivity index (χ3n) is 4.52. The fourth-order valence-corrected chi connectivity index (χ4v) is 2.68. The molecule has 0 saturated heterocycles. The largest absolute Gasteiger partial charge is 0.383 e. The van der Waals surface area contributed by atoms with Crippen molar-refractivity contribution in [2.24, 2.45) is 10.8 Å². The normalized spacial score (nSPS) is 21.2. The summed E-state index contributed by atoms with van der Waals surface area (Å²) in [6.07, 6.45) is 0. The highest BCUT2D eigenvalue weighted by Crippen LogP contribution is 2.71. The minimum absolute atomic E-state index is 0.240. The Labute approximate surface area is 108 Å². The molecular formula is C12H23N5O. The topological polar surface area (TPSA) is 64.9 Å². The Kier molecular flexibility index (Phi) is 3.42. The zero-order chi connectivity index (χ0) is 13.4. The van der Waals surface area contributed by atoms with Gasteiger partial charge in [-0.3, -0.25) is 0 Å². The third-order valence-corrected chi connectivity index (χ3v) is 4.52. The van der Waals surface area contributed by atoms with Gasteiger partial charge in [-0.2, -0.15) is 0 Å². The summed E-state index contributed by atoms with van der Waals surface area (Å²) < 4.78 is 6.97. The van der Waals surface area contributed by atoms with Gasteiger partial charge in [-0.15, -0.1) is 5.10 Å². The Morgan fingerprint density at radius 1 is 1.28 bits per heavy atom. The van der Waals surface area contributed by atoms with Crippen LogP contribution in [0.1, 0.15) is 39.6 Å². The van der Waals surface area contributed by atoms with Crippen LogP contribution in [0.4, 0.5) is 0 Å². The van der Waals surface area contributed by atoms with E-state index >= 15 is 0 Å². The van der Waals surface area contributed by atoms with Crippen LogP contribution in [0.2, 0.25) is 0 Å². The van der Waals surface area contributed by atoms with Gasteiger partial charge in [0.2, 0.25) is 0 Å². The summed E-state index contributed by atoms with van der Waals surface area (Å²) in [4.78, 5) is 0. The van der Waals surface area contributed by atoms with Crippen molar-refractivity contribution in [3.8, 4) is 0 Å². The lowest BCUT2D eigenvalue weighted by atomic mass is 10.0. The van der Waals surface area contributed by atoms with E-state index in [0.717, 1.165) is 12.4 Å². The van der Waals surface area contributed by atoms with Gasteiger partial charge in [0.15, 0.2) is 5.82 Å². The van der Waals surface area contributed by atoms with Gasteiger partial charge in [0, 0.05) is 13.7 Å². The number of aromatic nitrogens is 4. The van der Waals surface area contributed by atoms with E-state index in [1.165, 1.54) is 0 Å². The number of methoxy groups -OCH3 is 1. The fraction of sp³-hybridized carbons (Fsp3) is 0.917. The van der Waals surface area contributed by atoms with Gasteiger partial charge in [0.25, 0.3) is 0 Å². The molecule has 18 heavy (non-hydrogen) atoms. The highest BCUT2D eigenvalue weighted by molar-refractivity contribution is 5.16. The first-order chi connectivity index (χ1) is 8.43. The maximum Gasteiger partial charge on any atom is 0.165 e. The molecular weight excluding hydrogens is 230 g/mol. The summed E-state index contributed by atoms with van der Waals surface area (Å²) in [5, 5.41) is 15.3. The zero-order valence-corrected chi connectivity index (χ0v) is 11.9. The van der Waals surface area contributed by atoms with E-state index < -0.39 is 0 Å². The Morgan fingerprint density at radius 2 is 1.94 bits per heavy atom. The summed E-state index contributed by atoms with van der Waals surface area (Å²) >= 11 is 0. The average molecular weight is 253 g/mol. The Bertz CT molecular complexity index is 398. The van der Waals surface area contributed by atoms with Crippen molar-refractivity contribution in [1.29, 1.82) is 0 Å². The van der Waals surface area contributed by atoms with Gasteiger partial charge in [0.05, 0.1) is 19.2 Å². The Balaban J connectivity index is 2.01. The van der Waals surface area contributed by atoms with Gasteiger partial charge >= 0.3 is 0 Å². The number of hydrogen-bond donors (Lipinski definition) is 1. The predicted molar refractivity (Wildman–Crippen MR) is 68.0 cm³/mol. The Hall–Kier alpha value is -1.01. The van der Waals surface area contributed by atoms with Crippen LogP contribution in [0, 0.1) is 10.8 Å². The van der Waals surface area contributed by atoms with Crippen LogP contribution in [0.25, 0.3) is 0 Å². The molecule has 1 aromatic rings. The van der Waals surface area contributed by atoms with Crippen LogP contribution in [0.15, 0.2) is 0 Å². The lowest BCUT2D eigenvalue weighted by molar-refractivity contribution is 0.198. The lowest BCUT2D eigenvalue weighted by Gasteiger charge is -2.07. The van der Waals surface area contributed by atoms with E-state index in [-0.39, 0.29) is 10.8 Å². The van der Waals surface area contributed by atoms with Crippen molar-refractivity contribution in [3.05, 3.63) is 5.82 Å². The highest BCUT2D eigenvalue weighted by atomic mass is 16.5. The summed E-state index contributed by atoms with van der Waals surface area (Å²) in [5.41, 5.74) is 0.479. The van der Waals surface area contributed by atoms with E-state index in [0.29, 0.717) is 19.2 Å². The summed E-state index contributed by atoms with van der Waals surface area (Å²) in [5.74, 6) is 0.898. The lowest BCUT2D eigenvalue weighted by Crippen LogP contribution is -2.22. The van der Waals surface area contributed by atoms with Crippen LogP contribution in [-0.2, 0) is 11.3 Å². The first-order valence-corrected chi connectivity index (χ1v) is 6.39. The van der Waals surface area contributed by atoms with Crippen LogP contribution >= 0.6 is 0 Å². The second-order valence-electron chi connectivity index (χ2n) is 6.06. The number of nitrogens with one attached hydrogen (secondary N) is 1. The maximum atomic E-state index is 5.00. The molecule has 0 radical (unpaired) electrons. The predicted octanol–water partition coefficient (Wildman–Crippen LogP) is 1.02. The van der Waals surface area contributed by atoms with Gasteiger partial charge in [0.1, 0.15) is 0 Å². The second-order valence-corrected chi connectivity index (χ2v) is 6.06. The minimum atomic E-state index is 0.240. The molecule has 1 fully saturated rings. The SMILES string of the molecule is COCCNCc1nnnn1C1C(C)(C)C1(C)C. The monoisotopic (exact) mass is 253 g/mol. The molecule has 0 aliphatic heterocycles. The number of nitrogens with zero attached hydrogens (tertiary/aromatic N) is 4. The molecule has 0 atom stereocenters. The van der Waals surface area contributed by atoms with Crippen LogP contribution < -0.4 is 5.32 Å². The fourth-order valence-electron chi connectivity index (χ4n) is 2.68. The van der Waals surface area contributed by atoms with Crippen molar-refractivity contribution in [3.63, 3.8) is 0 Å². The molecule has 2 rings (SSSR count). The number of rotatable bonds is 6. The molecule has 0 aromatic carbocycles. The van der Waals surface area contributed by atoms with E-state index in [1.807, 2.05) is 4.68 Å². The number of tetrazole rings is 1. The average Bonchev–Trinajstić information content (AvgIpc) is 2.66. The van der Waals surface area contributed by atoms with Crippen LogP contribution in [0.5, 0.6) is 0 Å². The molecule has 6 heteroatoms. The smallest absolute Gasteiger partial charge is 0.165 e. The van der Waals surface area contributed by atoms with Crippen molar-refractivity contribution < 1.29 is 4.74 Å². The molecule has 0 spiro atoms. The molecule has 0 bridgehead atoms. The van der Waals surface area contributed by atoms with E-state index in [1.54, 1.807) is 7.11 Å². The summed E-state index contributed by atoms with van der Waals surface area (Å²) in [6.45, 7) is 11.2. The van der Waals surface area contributed by atoms with Crippen molar-refractivity contribution >= 4 is 0 Å². The highest BCUT2D eigenvalue weighted by Gasteiger charge is 2.67. The van der Waals surface area contributed by atoms with Crippen molar-refractivity contribution in [2.45, 2.75) is 40.3 Å². The first-order valence-electron chi connectivity index (χ1n) is 6.39. The molecule has 1 aliphatic carbocycles. The minimum Gasteiger partial charge on any atom is -0.383 e. The quantitative estimate of drug-likeness (QED) is 0.767. The zero-order valence-electron chi connectivity index (χ0n) is 11.9. The molecule has 0 amide bonds. The van der Waals surface area contributed by atoms with Gasteiger partial charge in [-0.1, -0.05) is 27.7 Å². The van der Waals surface area contributed by atoms with Crippen LogP contribution in [-0.4, -0.2) is 40.5 Å². The molecule has 102 valence electrons. The standard InChI is InChI=1S/C12H23N5O/c1-11(2)10(12(11,3)4)17-9(14-15-16-17)8-13-6-7-18-5/h10,13H,6-8H2,1-5H3. The summed E-state index contributed by atoms with van der Waals surface area (Å²) in [7, 11) is 1.70. The van der Waals surface area contributed by atoms with E-state index in [9.17, 15) is 0 Å². The van der Waals surface area contributed by atoms with Crippen LogP contribution in [0.3, 0.4) is 0 Å². The Morgan fingerprint density at radius 3 is 2.50 bits per heavy atom. The van der Waals surface area contributed by atoms with Gasteiger partial charge in [-0.05, 0) is 21.3 Å². The van der Waals surface area contributed by atoms with E-state index in [4.69, 9.17) is 4.74 Å².